The van der Waals surface area contributed by atoms with Crippen LogP contribution in [0.5, 0.6) is 17.2 Å². The van der Waals surface area contributed by atoms with E-state index in [1.54, 1.807) is 0 Å². The second kappa shape index (κ2) is 4.19. The van der Waals surface area contributed by atoms with Crippen LogP contribution in [0.15, 0.2) is 12.1 Å². The Morgan fingerprint density at radius 3 is 2.14 bits per heavy atom. The summed E-state index contributed by atoms with van der Waals surface area (Å²) in [5.41, 5.74) is 0.633. The highest BCUT2D eigenvalue weighted by atomic mass is 16.3. The molecule has 0 radical (unpaired) electrons. The van der Waals surface area contributed by atoms with E-state index in [0.29, 0.717) is 12.0 Å². The molecule has 3 N–H and O–H groups in total. The molecule has 0 unspecified atom stereocenters. The molecule has 1 aromatic rings. The standard InChI is InChI=1S/C10H15NO3/c1-11(2)4-3-7-5-9(13)10(14)6-8(7)12/h5-6,12-14H,3-4H2,1-2H3. The third-order valence-electron chi connectivity index (χ3n) is 2.00. The van der Waals surface area contributed by atoms with Gasteiger partial charge in [0.15, 0.2) is 11.5 Å². The molecule has 0 amide bonds. The van der Waals surface area contributed by atoms with Crippen molar-refractivity contribution in [1.29, 1.82) is 0 Å². The molecule has 4 heteroatoms. The summed E-state index contributed by atoms with van der Waals surface area (Å²) in [6.07, 6.45) is 0.632. The maximum absolute atomic E-state index is 9.44. The van der Waals surface area contributed by atoms with Crippen molar-refractivity contribution in [2.75, 3.05) is 20.6 Å². The lowest BCUT2D eigenvalue weighted by Crippen LogP contribution is -2.15. The molecule has 0 aromatic heterocycles. The van der Waals surface area contributed by atoms with Gasteiger partial charge in [0.2, 0.25) is 0 Å². The number of benzene rings is 1. The average molecular weight is 197 g/mol. The van der Waals surface area contributed by atoms with Gasteiger partial charge in [-0.15, -0.1) is 0 Å². The van der Waals surface area contributed by atoms with Crippen LogP contribution in [-0.4, -0.2) is 40.9 Å². The van der Waals surface area contributed by atoms with Crippen LogP contribution in [-0.2, 0) is 6.42 Å². The van der Waals surface area contributed by atoms with Crippen LogP contribution in [0.3, 0.4) is 0 Å². The van der Waals surface area contributed by atoms with Crippen LogP contribution >= 0.6 is 0 Å². The summed E-state index contributed by atoms with van der Waals surface area (Å²) in [7, 11) is 3.86. The number of hydrogen-bond acceptors (Lipinski definition) is 4. The van der Waals surface area contributed by atoms with Crippen molar-refractivity contribution in [2.24, 2.45) is 0 Å². The predicted octanol–water partition coefficient (Wildman–Crippen LogP) is 0.907. The SMILES string of the molecule is CN(C)CCc1cc(O)c(O)cc1O. The minimum atomic E-state index is -0.295. The van der Waals surface area contributed by atoms with Crippen molar-refractivity contribution < 1.29 is 15.3 Å². The first-order chi connectivity index (χ1) is 6.50. The lowest BCUT2D eigenvalue weighted by Gasteiger charge is -2.11. The van der Waals surface area contributed by atoms with E-state index in [9.17, 15) is 10.2 Å². The molecule has 1 aromatic carbocycles. The summed E-state index contributed by atoms with van der Waals surface area (Å²) in [6, 6.07) is 2.54. The Hall–Kier alpha value is -1.42. The lowest BCUT2D eigenvalue weighted by atomic mass is 10.1. The van der Waals surface area contributed by atoms with Gasteiger partial charge < -0.3 is 20.2 Å². The third kappa shape index (κ3) is 2.53. The Bertz CT molecular complexity index is 323. The molecule has 0 spiro atoms. The molecule has 0 fully saturated rings. The van der Waals surface area contributed by atoms with E-state index in [1.165, 1.54) is 6.07 Å². The highest BCUT2D eigenvalue weighted by molar-refractivity contribution is 5.48. The Morgan fingerprint density at radius 1 is 1.00 bits per heavy atom. The number of rotatable bonds is 3. The van der Waals surface area contributed by atoms with Gasteiger partial charge in [0.1, 0.15) is 5.75 Å². The lowest BCUT2D eigenvalue weighted by molar-refractivity contribution is 0.387. The Morgan fingerprint density at radius 2 is 1.57 bits per heavy atom. The van der Waals surface area contributed by atoms with Crippen molar-refractivity contribution in [3.05, 3.63) is 17.7 Å². The molecular weight excluding hydrogens is 182 g/mol. The number of likely N-dealkylation sites (N-methyl/N-ethyl adjacent to an activating group) is 1. The highest BCUT2D eigenvalue weighted by Crippen LogP contribution is 2.32. The predicted molar refractivity (Wildman–Crippen MR) is 53.7 cm³/mol. The van der Waals surface area contributed by atoms with Crippen molar-refractivity contribution in [1.82, 2.24) is 4.90 Å². The van der Waals surface area contributed by atoms with Crippen molar-refractivity contribution >= 4 is 0 Å². The molecule has 0 aliphatic heterocycles. The average Bonchev–Trinajstić information content (AvgIpc) is 2.09. The minimum Gasteiger partial charge on any atom is -0.508 e. The summed E-state index contributed by atoms with van der Waals surface area (Å²) < 4.78 is 0. The Balaban J connectivity index is 2.82. The summed E-state index contributed by atoms with van der Waals surface area (Å²) in [6.45, 7) is 0.776. The maximum Gasteiger partial charge on any atom is 0.161 e. The van der Waals surface area contributed by atoms with E-state index in [2.05, 4.69) is 0 Å². The quantitative estimate of drug-likeness (QED) is 0.498. The van der Waals surface area contributed by atoms with Gasteiger partial charge in [0, 0.05) is 12.6 Å². The fraction of sp³-hybridized carbons (Fsp3) is 0.400. The van der Waals surface area contributed by atoms with E-state index < -0.39 is 0 Å². The van der Waals surface area contributed by atoms with Crippen LogP contribution in [0.4, 0.5) is 0 Å². The number of aromatic hydroxyl groups is 3. The van der Waals surface area contributed by atoms with E-state index in [0.717, 1.165) is 12.6 Å². The van der Waals surface area contributed by atoms with E-state index in [1.807, 2.05) is 19.0 Å². The second-order valence-corrected chi connectivity index (χ2v) is 3.52. The smallest absolute Gasteiger partial charge is 0.161 e. The van der Waals surface area contributed by atoms with Crippen molar-refractivity contribution in [3.8, 4) is 17.2 Å². The maximum atomic E-state index is 9.44. The monoisotopic (exact) mass is 197 g/mol. The van der Waals surface area contributed by atoms with Crippen LogP contribution in [0.1, 0.15) is 5.56 Å². The third-order valence-corrected chi connectivity index (χ3v) is 2.00. The molecule has 0 saturated carbocycles. The molecule has 78 valence electrons. The molecule has 0 atom stereocenters. The fourth-order valence-electron chi connectivity index (χ4n) is 1.15. The molecular formula is C10H15NO3. The molecule has 0 saturated heterocycles. The number of hydrogen-bond donors (Lipinski definition) is 3. The Kier molecular flexibility index (Phi) is 3.19. The second-order valence-electron chi connectivity index (χ2n) is 3.52. The van der Waals surface area contributed by atoms with E-state index >= 15 is 0 Å². The first kappa shape index (κ1) is 10.7. The van der Waals surface area contributed by atoms with Crippen LogP contribution in [0.25, 0.3) is 0 Å². The molecule has 14 heavy (non-hydrogen) atoms. The van der Waals surface area contributed by atoms with Crippen LogP contribution in [0, 0.1) is 0 Å². The summed E-state index contributed by atoms with van der Waals surface area (Å²) in [4.78, 5) is 1.98. The normalized spacial score (nSPS) is 10.8. The number of nitrogens with zero attached hydrogens (tertiary/aromatic N) is 1. The van der Waals surface area contributed by atoms with Crippen molar-refractivity contribution in [3.63, 3.8) is 0 Å². The first-order valence-electron chi connectivity index (χ1n) is 4.39. The zero-order valence-corrected chi connectivity index (χ0v) is 8.36. The summed E-state index contributed by atoms with van der Waals surface area (Å²) >= 11 is 0. The molecule has 4 nitrogen and oxygen atoms in total. The fourth-order valence-corrected chi connectivity index (χ4v) is 1.15. The summed E-state index contributed by atoms with van der Waals surface area (Å²) in [5.74, 6) is -0.477. The van der Waals surface area contributed by atoms with Gasteiger partial charge in [-0.05, 0) is 32.1 Å². The van der Waals surface area contributed by atoms with Gasteiger partial charge in [-0.3, -0.25) is 0 Å². The van der Waals surface area contributed by atoms with Gasteiger partial charge in [0.05, 0.1) is 0 Å². The number of phenols is 3. The van der Waals surface area contributed by atoms with Crippen molar-refractivity contribution in [2.45, 2.75) is 6.42 Å². The van der Waals surface area contributed by atoms with E-state index in [-0.39, 0.29) is 17.2 Å². The van der Waals surface area contributed by atoms with Gasteiger partial charge >= 0.3 is 0 Å². The van der Waals surface area contributed by atoms with Gasteiger partial charge in [-0.2, -0.15) is 0 Å². The van der Waals surface area contributed by atoms with E-state index in [4.69, 9.17) is 5.11 Å². The largest absolute Gasteiger partial charge is 0.508 e. The van der Waals surface area contributed by atoms with Crippen LogP contribution in [0.2, 0.25) is 0 Å². The van der Waals surface area contributed by atoms with Gasteiger partial charge in [-0.1, -0.05) is 0 Å². The number of phenolic OH excluding ortho intramolecular Hbond substituents is 3. The molecule has 0 heterocycles. The zero-order chi connectivity index (χ0) is 10.7. The summed E-state index contributed by atoms with van der Waals surface area (Å²) in [5, 5.41) is 27.7. The highest BCUT2D eigenvalue weighted by Gasteiger charge is 2.07. The molecule has 1 rings (SSSR count). The van der Waals surface area contributed by atoms with Gasteiger partial charge in [-0.25, -0.2) is 0 Å². The molecule has 0 bridgehead atoms. The molecule has 0 aliphatic rings. The zero-order valence-electron chi connectivity index (χ0n) is 8.36. The Labute approximate surface area is 83.0 Å². The molecule has 0 aliphatic carbocycles. The van der Waals surface area contributed by atoms with Gasteiger partial charge in [0.25, 0.3) is 0 Å². The first-order valence-corrected chi connectivity index (χ1v) is 4.39. The topological polar surface area (TPSA) is 63.9 Å². The minimum absolute atomic E-state index is 0.0159. The van der Waals surface area contributed by atoms with Crippen LogP contribution < -0.4 is 0 Å².